The molecule has 7 heteroatoms. The summed E-state index contributed by atoms with van der Waals surface area (Å²) in [6.45, 7) is 5.62. The third-order valence-corrected chi connectivity index (χ3v) is 3.07. The minimum absolute atomic E-state index is 0.0880. The van der Waals surface area contributed by atoms with Gasteiger partial charge >= 0.3 is 6.03 Å². The summed E-state index contributed by atoms with van der Waals surface area (Å²) in [5.74, 6) is 0.344. The molecule has 0 saturated carbocycles. The van der Waals surface area contributed by atoms with Gasteiger partial charge in [0.25, 0.3) is 0 Å². The smallest absolute Gasteiger partial charge is 0.324 e. The minimum atomic E-state index is -0.501. The summed E-state index contributed by atoms with van der Waals surface area (Å²) >= 11 is 0. The number of benzene rings is 1. The Balaban J connectivity index is 2.14. The Kier molecular flexibility index (Phi) is 4.32. The number of hydrogen-bond donors (Lipinski definition) is 3. The van der Waals surface area contributed by atoms with Crippen LogP contribution in [0.2, 0.25) is 0 Å². The number of phenols is 1. The van der Waals surface area contributed by atoms with E-state index in [-0.39, 0.29) is 17.6 Å². The summed E-state index contributed by atoms with van der Waals surface area (Å²) in [7, 11) is 0. The lowest BCUT2D eigenvalue weighted by Crippen LogP contribution is -2.21. The Hall–Kier alpha value is -3.01. The third-order valence-electron chi connectivity index (χ3n) is 3.07. The topological polar surface area (TPSA) is 103 Å². The first-order chi connectivity index (χ1) is 10.4. The highest BCUT2D eigenvalue weighted by Crippen LogP contribution is 2.21. The zero-order valence-corrected chi connectivity index (χ0v) is 12.6. The maximum atomic E-state index is 12.0. The van der Waals surface area contributed by atoms with Gasteiger partial charge in [0.2, 0.25) is 0 Å². The number of aromatic nitrogens is 2. The third kappa shape index (κ3) is 3.35. The van der Waals surface area contributed by atoms with E-state index in [1.54, 1.807) is 29.9 Å². The SMILES string of the molecule is Cc1cc(O)ccc1NC(=O)Nc1nn(C(C)C)cc1C#N. The number of rotatable bonds is 3. The van der Waals surface area contributed by atoms with Gasteiger partial charge in [0, 0.05) is 17.9 Å². The van der Waals surface area contributed by atoms with Gasteiger partial charge in [-0.1, -0.05) is 0 Å². The van der Waals surface area contributed by atoms with Gasteiger partial charge in [0.1, 0.15) is 17.4 Å². The highest BCUT2D eigenvalue weighted by Gasteiger charge is 2.14. The highest BCUT2D eigenvalue weighted by molar-refractivity contribution is 6.00. The predicted molar refractivity (Wildman–Crippen MR) is 82.8 cm³/mol. The first kappa shape index (κ1) is 15.4. The van der Waals surface area contributed by atoms with Crippen LogP contribution in [0, 0.1) is 18.3 Å². The van der Waals surface area contributed by atoms with Gasteiger partial charge in [0.15, 0.2) is 5.82 Å². The van der Waals surface area contributed by atoms with Crippen molar-refractivity contribution in [3.05, 3.63) is 35.5 Å². The fraction of sp³-hybridized carbons (Fsp3) is 0.267. The maximum Gasteiger partial charge on any atom is 0.324 e. The van der Waals surface area contributed by atoms with Crippen molar-refractivity contribution in [2.75, 3.05) is 10.6 Å². The summed E-state index contributed by atoms with van der Waals surface area (Å²) in [6.07, 6.45) is 1.59. The number of anilines is 2. The number of carbonyl (C=O) groups is 1. The second kappa shape index (κ2) is 6.18. The van der Waals surface area contributed by atoms with Crippen LogP contribution in [0.3, 0.4) is 0 Å². The fourth-order valence-corrected chi connectivity index (χ4v) is 1.88. The van der Waals surface area contributed by atoms with Gasteiger partial charge in [0.05, 0.1) is 0 Å². The Bertz CT molecular complexity index is 743. The average molecular weight is 299 g/mol. The van der Waals surface area contributed by atoms with Gasteiger partial charge in [-0.2, -0.15) is 10.4 Å². The number of nitrogens with one attached hydrogen (secondary N) is 2. The van der Waals surface area contributed by atoms with Gasteiger partial charge in [-0.3, -0.25) is 10.00 Å². The lowest BCUT2D eigenvalue weighted by atomic mass is 10.2. The molecule has 7 nitrogen and oxygen atoms in total. The van der Waals surface area contributed by atoms with Gasteiger partial charge in [-0.25, -0.2) is 4.79 Å². The van der Waals surface area contributed by atoms with Crippen LogP contribution >= 0.6 is 0 Å². The molecule has 1 heterocycles. The Morgan fingerprint density at radius 2 is 2.14 bits per heavy atom. The Morgan fingerprint density at radius 3 is 2.73 bits per heavy atom. The summed E-state index contributed by atoms with van der Waals surface area (Å²) in [5, 5.41) is 27.8. The second-order valence-electron chi connectivity index (χ2n) is 5.16. The van der Waals surface area contributed by atoms with Gasteiger partial charge < -0.3 is 10.4 Å². The Morgan fingerprint density at radius 1 is 1.41 bits per heavy atom. The molecule has 3 N–H and O–H groups in total. The number of aryl methyl sites for hydroxylation is 1. The van der Waals surface area contributed by atoms with Gasteiger partial charge in [-0.15, -0.1) is 0 Å². The van der Waals surface area contributed by atoms with Crippen LogP contribution in [0.25, 0.3) is 0 Å². The molecule has 1 aromatic carbocycles. The second-order valence-corrected chi connectivity index (χ2v) is 5.16. The minimum Gasteiger partial charge on any atom is -0.508 e. The first-order valence-corrected chi connectivity index (χ1v) is 6.77. The summed E-state index contributed by atoms with van der Waals surface area (Å²) in [6, 6.07) is 6.22. The number of hydrogen-bond acceptors (Lipinski definition) is 4. The van der Waals surface area contributed by atoms with E-state index in [1.807, 2.05) is 19.9 Å². The molecule has 114 valence electrons. The first-order valence-electron chi connectivity index (χ1n) is 6.77. The van der Waals surface area contributed by atoms with E-state index in [1.165, 1.54) is 6.07 Å². The maximum absolute atomic E-state index is 12.0. The number of phenolic OH excluding ortho intramolecular Hbond substituents is 1. The van der Waals surface area contributed by atoms with Crippen molar-refractivity contribution in [2.45, 2.75) is 26.8 Å². The highest BCUT2D eigenvalue weighted by atomic mass is 16.3. The molecule has 0 unspecified atom stereocenters. The van der Waals surface area contributed by atoms with Crippen molar-refractivity contribution in [1.82, 2.24) is 9.78 Å². The molecule has 0 aliphatic carbocycles. The molecule has 0 aliphatic rings. The van der Waals surface area contributed by atoms with Gasteiger partial charge in [-0.05, 0) is 44.5 Å². The van der Waals surface area contributed by atoms with Crippen LogP contribution in [-0.4, -0.2) is 20.9 Å². The van der Waals surface area contributed by atoms with Crippen LogP contribution in [0.1, 0.15) is 31.0 Å². The molecule has 2 rings (SSSR count). The van der Waals surface area contributed by atoms with E-state index in [4.69, 9.17) is 5.26 Å². The molecule has 0 saturated heterocycles. The van der Waals surface area contributed by atoms with E-state index >= 15 is 0 Å². The van der Waals surface area contributed by atoms with Crippen molar-refractivity contribution >= 4 is 17.5 Å². The quantitative estimate of drug-likeness (QED) is 0.758. The molecule has 0 bridgehead atoms. The van der Waals surface area contributed by atoms with Crippen LogP contribution in [0.5, 0.6) is 5.75 Å². The number of urea groups is 1. The van der Waals surface area contributed by atoms with Crippen molar-refractivity contribution in [3.8, 4) is 11.8 Å². The molecule has 0 radical (unpaired) electrons. The number of nitrogens with zero attached hydrogens (tertiary/aromatic N) is 3. The van der Waals surface area contributed by atoms with E-state index in [0.717, 1.165) is 5.56 Å². The molecule has 0 aliphatic heterocycles. The van der Waals surface area contributed by atoms with Crippen LogP contribution in [-0.2, 0) is 0 Å². The molecule has 2 aromatic rings. The number of nitriles is 1. The number of carbonyl (C=O) groups excluding carboxylic acids is 1. The summed E-state index contributed by atoms with van der Waals surface area (Å²) < 4.78 is 1.61. The van der Waals surface area contributed by atoms with Crippen LogP contribution in [0.15, 0.2) is 24.4 Å². The molecular weight excluding hydrogens is 282 g/mol. The molecule has 2 amide bonds. The van der Waals surface area contributed by atoms with Crippen molar-refractivity contribution in [1.29, 1.82) is 5.26 Å². The normalized spacial score (nSPS) is 10.3. The number of amides is 2. The largest absolute Gasteiger partial charge is 0.508 e. The predicted octanol–water partition coefficient (Wildman–Crippen LogP) is 2.99. The fourth-order valence-electron chi connectivity index (χ4n) is 1.88. The molecule has 0 fully saturated rings. The van der Waals surface area contributed by atoms with Crippen molar-refractivity contribution < 1.29 is 9.90 Å². The molecule has 22 heavy (non-hydrogen) atoms. The molecular formula is C15H17N5O2. The zero-order chi connectivity index (χ0) is 16.3. The standard InChI is InChI=1S/C15H17N5O2/c1-9(2)20-8-11(7-16)14(19-20)18-15(22)17-13-5-4-12(21)6-10(13)3/h4-6,8-9,21H,1-3H3,(H2,17,18,19,22). The molecule has 1 aromatic heterocycles. The molecule has 0 spiro atoms. The van der Waals surface area contributed by atoms with E-state index < -0.39 is 6.03 Å². The van der Waals surface area contributed by atoms with Crippen molar-refractivity contribution in [2.24, 2.45) is 0 Å². The Labute approximate surface area is 128 Å². The van der Waals surface area contributed by atoms with Crippen LogP contribution < -0.4 is 10.6 Å². The lowest BCUT2D eigenvalue weighted by Gasteiger charge is -2.09. The van der Waals surface area contributed by atoms with E-state index in [0.29, 0.717) is 11.3 Å². The summed E-state index contributed by atoms with van der Waals surface area (Å²) in [4.78, 5) is 12.0. The number of aromatic hydroxyl groups is 1. The average Bonchev–Trinajstić information content (AvgIpc) is 2.85. The molecule has 0 atom stereocenters. The monoisotopic (exact) mass is 299 g/mol. The summed E-state index contributed by atoms with van der Waals surface area (Å²) in [5.41, 5.74) is 1.59. The van der Waals surface area contributed by atoms with E-state index in [9.17, 15) is 9.90 Å². The van der Waals surface area contributed by atoms with E-state index in [2.05, 4.69) is 15.7 Å². The zero-order valence-electron chi connectivity index (χ0n) is 12.6. The van der Waals surface area contributed by atoms with Crippen molar-refractivity contribution in [3.63, 3.8) is 0 Å². The van der Waals surface area contributed by atoms with Crippen LogP contribution in [0.4, 0.5) is 16.3 Å². The lowest BCUT2D eigenvalue weighted by molar-refractivity contribution is 0.262.